The van der Waals surface area contributed by atoms with Gasteiger partial charge in [-0.2, -0.15) is 0 Å². The van der Waals surface area contributed by atoms with Crippen molar-refractivity contribution in [2.24, 2.45) is 0 Å². The van der Waals surface area contributed by atoms with E-state index in [0.29, 0.717) is 6.04 Å². The van der Waals surface area contributed by atoms with Crippen LogP contribution >= 0.6 is 0 Å². The minimum Gasteiger partial charge on any atom is -0.315 e. The Morgan fingerprint density at radius 3 is 2.19 bits per heavy atom. The van der Waals surface area contributed by atoms with E-state index in [4.69, 9.17) is 0 Å². The molecule has 0 saturated heterocycles. The Hall–Kier alpha value is -0.820. The summed E-state index contributed by atoms with van der Waals surface area (Å²) in [4.78, 5) is 0. The molecule has 0 radical (unpaired) electrons. The van der Waals surface area contributed by atoms with Crippen LogP contribution in [0.25, 0.3) is 0 Å². The predicted octanol–water partition coefficient (Wildman–Crippen LogP) is 3.57. The molecular weight excluding hydrogens is 194 g/mol. The Kier molecular flexibility index (Phi) is 6.17. The van der Waals surface area contributed by atoms with E-state index in [1.54, 1.807) is 0 Å². The van der Waals surface area contributed by atoms with Gasteiger partial charge in [-0.05, 0) is 43.4 Å². The van der Waals surface area contributed by atoms with Gasteiger partial charge in [0.15, 0.2) is 0 Å². The Labute approximate surface area is 100 Å². The van der Waals surface area contributed by atoms with Crippen LogP contribution in [0.4, 0.5) is 0 Å². The van der Waals surface area contributed by atoms with Gasteiger partial charge in [-0.3, -0.25) is 0 Å². The molecular formula is C15H25N. The molecule has 90 valence electrons. The molecule has 1 nitrogen and oxygen atoms in total. The zero-order valence-electron chi connectivity index (χ0n) is 10.9. The zero-order valence-corrected chi connectivity index (χ0v) is 10.9. The smallest absolute Gasteiger partial charge is 0.00103 e. The van der Waals surface area contributed by atoms with Gasteiger partial charge in [-0.15, -0.1) is 0 Å². The highest BCUT2D eigenvalue weighted by Crippen LogP contribution is 2.08. The molecule has 1 aromatic rings. The first-order valence-electron chi connectivity index (χ1n) is 6.53. The molecule has 0 fully saturated rings. The van der Waals surface area contributed by atoms with Crippen molar-refractivity contribution >= 4 is 0 Å². The van der Waals surface area contributed by atoms with Crippen molar-refractivity contribution in [1.82, 2.24) is 5.32 Å². The van der Waals surface area contributed by atoms with Crippen LogP contribution in [-0.4, -0.2) is 12.6 Å². The molecule has 0 saturated carbocycles. The van der Waals surface area contributed by atoms with Gasteiger partial charge in [0.2, 0.25) is 0 Å². The average Bonchev–Trinajstić information content (AvgIpc) is 2.29. The van der Waals surface area contributed by atoms with Crippen LogP contribution in [0.3, 0.4) is 0 Å². The number of nitrogens with one attached hydrogen (secondary N) is 1. The third kappa shape index (κ3) is 5.32. The number of benzene rings is 1. The lowest BCUT2D eigenvalue weighted by Gasteiger charge is -2.07. The van der Waals surface area contributed by atoms with Crippen LogP contribution in [0.1, 0.15) is 44.7 Å². The van der Waals surface area contributed by atoms with Crippen molar-refractivity contribution in [1.29, 1.82) is 0 Å². The molecule has 0 atom stereocenters. The predicted molar refractivity (Wildman–Crippen MR) is 71.9 cm³/mol. The van der Waals surface area contributed by atoms with Gasteiger partial charge in [0.25, 0.3) is 0 Å². The Balaban J connectivity index is 2.16. The van der Waals surface area contributed by atoms with E-state index in [2.05, 4.69) is 50.4 Å². The molecule has 0 aliphatic heterocycles. The quantitative estimate of drug-likeness (QED) is 0.691. The van der Waals surface area contributed by atoms with Gasteiger partial charge in [0.1, 0.15) is 0 Å². The van der Waals surface area contributed by atoms with Crippen molar-refractivity contribution in [2.75, 3.05) is 6.54 Å². The lowest BCUT2D eigenvalue weighted by atomic mass is 10.1. The molecule has 1 N–H and O–H groups in total. The van der Waals surface area contributed by atoms with Crippen LogP contribution in [-0.2, 0) is 12.8 Å². The molecule has 0 aromatic heterocycles. The van der Waals surface area contributed by atoms with Crippen LogP contribution in [0.15, 0.2) is 24.3 Å². The molecule has 1 rings (SSSR count). The first kappa shape index (κ1) is 13.2. The Morgan fingerprint density at radius 2 is 1.62 bits per heavy atom. The molecule has 1 aromatic carbocycles. The third-order valence-corrected chi connectivity index (χ3v) is 2.88. The third-order valence-electron chi connectivity index (χ3n) is 2.88. The Bertz CT molecular complexity index is 274. The van der Waals surface area contributed by atoms with E-state index in [9.17, 15) is 0 Å². The van der Waals surface area contributed by atoms with E-state index in [1.807, 2.05) is 0 Å². The maximum Gasteiger partial charge on any atom is 0.00103 e. The summed E-state index contributed by atoms with van der Waals surface area (Å²) < 4.78 is 0. The fourth-order valence-electron chi connectivity index (χ4n) is 1.79. The number of hydrogen-bond acceptors (Lipinski definition) is 1. The number of aryl methyl sites for hydroxylation is 2. The summed E-state index contributed by atoms with van der Waals surface area (Å²) in [7, 11) is 0. The first-order chi connectivity index (χ1) is 7.72. The van der Waals surface area contributed by atoms with Gasteiger partial charge in [0.05, 0.1) is 0 Å². The SMILES string of the molecule is CCc1ccc(CCCCNC(C)C)cc1. The van der Waals surface area contributed by atoms with Crippen LogP contribution in [0.5, 0.6) is 0 Å². The van der Waals surface area contributed by atoms with Crippen molar-refractivity contribution in [3.63, 3.8) is 0 Å². The summed E-state index contributed by atoms with van der Waals surface area (Å²) in [6, 6.07) is 9.66. The summed E-state index contributed by atoms with van der Waals surface area (Å²) in [5.74, 6) is 0. The largest absolute Gasteiger partial charge is 0.315 e. The standard InChI is InChI=1S/C15H25N/c1-4-14-8-10-15(11-9-14)7-5-6-12-16-13(2)3/h8-11,13,16H,4-7,12H2,1-3H3. The molecule has 0 heterocycles. The van der Waals surface area contributed by atoms with E-state index in [-0.39, 0.29) is 0 Å². The van der Waals surface area contributed by atoms with Gasteiger partial charge < -0.3 is 5.32 Å². The maximum atomic E-state index is 3.45. The van der Waals surface area contributed by atoms with Gasteiger partial charge in [0, 0.05) is 6.04 Å². The van der Waals surface area contributed by atoms with Crippen LogP contribution in [0, 0.1) is 0 Å². The van der Waals surface area contributed by atoms with Crippen molar-refractivity contribution in [2.45, 2.75) is 52.5 Å². The van der Waals surface area contributed by atoms with E-state index >= 15 is 0 Å². The lowest BCUT2D eigenvalue weighted by Crippen LogP contribution is -2.23. The topological polar surface area (TPSA) is 12.0 Å². The van der Waals surface area contributed by atoms with Crippen LogP contribution in [0.2, 0.25) is 0 Å². The van der Waals surface area contributed by atoms with E-state index in [1.165, 1.54) is 30.4 Å². The van der Waals surface area contributed by atoms with Crippen molar-refractivity contribution in [3.05, 3.63) is 35.4 Å². The molecule has 16 heavy (non-hydrogen) atoms. The molecule has 0 aliphatic carbocycles. The van der Waals surface area contributed by atoms with E-state index in [0.717, 1.165) is 13.0 Å². The minimum absolute atomic E-state index is 0.615. The summed E-state index contributed by atoms with van der Waals surface area (Å²) in [6.07, 6.45) is 4.90. The van der Waals surface area contributed by atoms with E-state index < -0.39 is 0 Å². The van der Waals surface area contributed by atoms with Gasteiger partial charge in [-0.25, -0.2) is 0 Å². The van der Waals surface area contributed by atoms with Gasteiger partial charge >= 0.3 is 0 Å². The minimum atomic E-state index is 0.615. The number of hydrogen-bond donors (Lipinski definition) is 1. The van der Waals surface area contributed by atoms with Crippen molar-refractivity contribution in [3.8, 4) is 0 Å². The number of unbranched alkanes of at least 4 members (excludes halogenated alkanes) is 1. The monoisotopic (exact) mass is 219 g/mol. The second-order valence-electron chi connectivity index (χ2n) is 4.74. The summed E-state index contributed by atoms with van der Waals surface area (Å²) in [5.41, 5.74) is 2.91. The summed E-state index contributed by atoms with van der Waals surface area (Å²) >= 11 is 0. The fourth-order valence-corrected chi connectivity index (χ4v) is 1.79. The second-order valence-corrected chi connectivity index (χ2v) is 4.74. The number of rotatable bonds is 7. The molecule has 0 spiro atoms. The van der Waals surface area contributed by atoms with Crippen LogP contribution < -0.4 is 5.32 Å². The summed E-state index contributed by atoms with van der Waals surface area (Å²) in [6.45, 7) is 7.74. The molecule has 0 bridgehead atoms. The summed E-state index contributed by atoms with van der Waals surface area (Å²) in [5, 5.41) is 3.45. The average molecular weight is 219 g/mol. The second kappa shape index (κ2) is 7.45. The zero-order chi connectivity index (χ0) is 11.8. The van der Waals surface area contributed by atoms with Gasteiger partial charge in [-0.1, -0.05) is 45.0 Å². The molecule has 0 amide bonds. The fraction of sp³-hybridized carbons (Fsp3) is 0.600. The maximum absolute atomic E-state index is 3.45. The Morgan fingerprint density at radius 1 is 1.00 bits per heavy atom. The normalized spacial score (nSPS) is 11.0. The first-order valence-corrected chi connectivity index (χ1v) is 6.53. The highest BCUT2D eigenvalue weighted by molar-refractivity contribution is 5.22. The highest BCUT2D eigenvalue weighted by atomic mass is 14.9. The molecule has 1 heteroatoms. The van der Waals surface area contributed by atoms with Crippen molar-refractivity contribution < 1.29 is 0 Å². The highest BCUT2D eigenvalue weighted by Gasteiger charge is 1.95. The molecule has 0 aliphatic rings. The lowest BCUT2D eigenvalue weighted by molar-refractivity contribution is 0.557. The molecule has 0 unspecified atom stereocenters.